The fraction of sp³-hybridized carbons (Fsp3) is 0.412. The van der Waals surface area contributed by atoms with Crippen molar-refractivity contribution in [2.24, 2.45) is 0 Å². The first-order chi connectivity index (χ1) is 12.8. The number of nitrogens with zero attached hydrogens (tertiary/aromatic N) is 2. The van der Waals surface area contributed by atoms with Gasteiger partial charge in [-0.05, 0) is 37.5 Å². The summed E-state index contributed by atoms with van der Waals surface area (Å²) in [4.78, 5) is 26.5. The molecule has 0 saturated carbocycles. The van der Waals surface area contributed by atoms with Crippen LogP contribution in [-0.2, 0) is 19.6 Å². The van der Waals surface area contributed by atoms with Crippen LogP contribution in [0.2, 0.25) is 10.0 Å². The maximum Gasteiger partial charge on any atom is 0.264 e. The molecule has 1 aromatic carbocycles. The standard InChI is InChI=1S/C17H19Cl2N3O4S/c18-13-5-4-12(10-14(13)19)27(25,26)22-9-6-20-17(24)15(22)11-16(23)21-7-2-1-3-8-21/h4-6,9-10,15H,1-3,7-8,11H2,(H,20,24)/t15-/m1/s1. The van der Waals surface area contributed by atoms with Gasteiger partial charge in [-0.15, -0.1) is 0 Å². The van der Waals surface area contributed by atoms with Gasteiger partial charge in [0, 0.05) is 25.5 Å². The Morgan fingerprint density at radius 3 is 2.52 bits per heavy atom. The van der Waals surface area contributed by atoms with Crippen LogP contribution in [0.4, 0.5) is 0 Å². The zero-order chi connectivity index (χ0) is 19.6. The minimum atomic E-state index is -4.09. The second kappa shape index (κ2) is 8.08. The fourth-order valence-corrected chi connectivity index (χ4v) is 4.98. The SMILES string of the molecule is O=C1NC=CN(S(=O)(=O)c2ccc(Cl)c(Cl)c2)[C@@H]1CC(=O)N1CCCCC1. The van der Waals surface area contributed by atoms with Crippen molar-refractivity contribution in [2.45, 2.75) is 36.6 Å². The zero-order valence-electron chi connectivity index (χ0n) is 14.4. The Hall–Kier alpha value is -1.77. The van der Waals surface area contributed by atoms with Crippen LogP contribution in [0.5, 0.6) is 0 Å². The average Bonchev–Trinajstić information content (AvgIpc) is 2.66. The molecular weight excluding hydrogens is 413 g/mol. The molecule has 146 valence electrons. The van der Waals surface area contributed by atoms with Crippen LogP contribution in [0.3, 0.4) is 0 Å². The highest BCUT2D eigenvalue weighted by Crippen LogP contribution is 2.29. The minimum absolute atomic E-state index is 0.0872. The fourth-order valence-electron chi connectivity index (χ4n) is 3.14. The molecule has 0 spiro atoms. The first-order valence-corrected chi connectivity index (χ1v) is 10.7. The van der Waals surface area contributed by atoms with Gasteiger partial charge in [0.1, 0.15) is 6.04 Å². The number of benzene rings is 1. The highest BCUT2D eigenvalue weighted by Gasteiger charge is 2.38. The molecule has 2 heterocycles. The summed E-state index contributed by atoms with van der Waals surface area (Å²) < 4.78 is 27.0. The summed E-state index contributed by atoms with van der Waals surface area (Å²) >= 11 is 11.8. The van der Waals surface area contributed by atoms with Gasteiger partial charge >= 0.3 is 0 Å². The Morgan fingerprint density at radius 1 is 1.15 bits per heavy atom. The van der Waals surface area contributed by atoms with Crippen molar-refractivity contribution in [2.75, 3.05) is 13.1 Å². The van der Waals surface area contributed by atoms with Gasteiger partial charge in [-0.3, -0.25) is 13.9 Å². The van der Waals surface area contributed by atoms with Crippen molar-refractivity contribution in [1.29, 1.82) is 0 Å². The van der Waals surface area contributed by atoms with Gasteiger partial charge in [0.2, 0.25) is 11.8 Å². The Bertz CT molecular complexity index is 882. The summed E-state index contributed by atoms with van der Waals surface area (Å²) in [6, 6.07) is 2.75. The highest BCUT2D eigenvalue weighted by atomic mass is 35.5. The predicted octanol–water partition coefficient (Wildman–Crippen LogP) is 2.36. The molecule has 2 aliphatic rings. The summed E-state index contributed by atoms with van der Waals surface area (Å²) in [6.45, 7) is 1.26. The molecule has 0 aromatic heterocycles. The summed E-state index contributed by atoms with van der Waals surface area (Å²) in [5, 5.41) is 2.78. The van der Waals surface area contributed by atoms with Gasteiger partial charge in [0.15, 0.2) is 0 Å². The molecule has 1 saturated heterocycles. The van der Waals surface area contributed by atoms with Crippen molar-refractivity contribution in [3.05, 3.63) is 40.6 Å². The molecule has 27 heavy (non-hydrogen) atoms. The van der Waals surface area contributed by atoms with Crippen LogP contribution >= 0.6 is 23.2 Å². The molecule has 0 radical (unpaired) electrons. The molecule has 10 heteroatoms. The topological polar surface area (TPSA) is 86.8 Å². The second-order valence-electron chi connectivity index (χ2n) is 6.40. The van der Waals surface area contributed by atoms with Crippen molar-refractivity contribution >= 4 is 45.0 Å². The maximum atomic E-state index is 13.0. The van der Waals surface area contributed by atoms with E-state index >= 15 is 0 Å². The molecular formula is C17H19Cl2N3O4S. The van der Waals surface area contributed by atoms with Crippen molar-refractivity contribution in [3.63, 3.8) is 0 Å². The lowest BCUT2D eigenvalue weighted by atomic mass is 10.1. The molecule has 1 aromatic rings. The number of nitrogens with one attached hydrogen (secondary N) is 1. The van der Waals surface area contributed by atoms with E-state index < -0.39 is 22.0 Å². The zero-order valence-corrected chi connectivity index (χ0v) is 16.7. The number of amides is 2. The van der Waals surface area contributed by atoms with E-state index in [4.69, 9.17) is 23.2 Å². The number of likely N-dealkylation sites (tertiary alicyclic amines) is 1. The van der Waals surface area contributed by atoms with E-state index in [0.717, 1.165) is 23.6 Å². The third kappa shape index (κ3) is 4.23. The van der Waals surface area contributed by atoms with E-state index in [0.29, 0.717) is 13.1 Å². The predicted molar refractivity (Wildman–Crippen MR) is 102 cm³/mol. The summed E-state index contributed by atoms with van der Waals surface area (Å²) in [7, 11) is -4.09. The lowest BCUT2D eigenvalue weighted by Gasteiger charge is -2.33. The van der Waals surface area contributed by atoms with E-state index in [2.05, 4.69) is 5.32 Å². The van der Waals surface area contributed by atoms with Gasteiger partial charge < -0.3 is 10.2 Å². The van der Waals surface area contributed by atoms with E-state index in [1.807, 2.05) is 0 Å². The minimum Gasteiger partial charge on any atom is -0.343 e. The molecule has 7 nitrogen and oxygen atoms in total. The number of hydrogen-bond donors (Lipinski definition) is 1. The van der Waals surface area contributed by atoms with Crippen LogP contribution < -0.4 is 5.32 Å². The normalized spacial score (nSPS) is 20.5. The van der Waals surface area contributed by atoms with Gasteiger partial charge in [-0.2, -0.15) is 0 Å². The molecule has 0 bridgehead atoms. The van der Waals surface area contributed by atoms with E-state index in [9.17, 15) is 18.0 Å². The van der Waals surface area contributed by atoms with Gasteiger partial charge in [0.05, 0.1) is 21.4 Å². The molecule has 1 fully saturated rings. The first-order valence-electron chi connectivity index (χ1n) is 8.54. The lowest BCUT2D eigenvalue weighted by Crippen LogP contribution is -2.51. The average molecular weight is 432 g/mol. The number of piperidine rings is 1. The number of halogens is 2. The Kier molecular flexibility index (Phi) is 5.98. The molecule has 0 unspecified atom stereocenters. The van der Waals surface area contributed by atoms with Crippen molar-refractivity contribution < 1.29 is 18.0 Å². The number of carbonyl (C=O) groups is 2. The van der Waals surface area contributed by atoms with Crippen LogP contribution in [-0.4, -0.2) is 48.6 Å². The summed E-state index contributed by atoms with van der Waals surface area (Å²) in [5.74, 6) is -0.786. The third-order valence-corrected chi connectivity index (χ3v) is 7.12. The van der Waals surface area contributed by atoms with Crippen LogP contribution in [0.1, 0.15) is 25.7 Å². The Labute approximate surface area is 168 Å². The van der Waals surface area contributed by atoms with Crippen LogP contribution in [0, 0.1) is 0 Å². The smallest absolute Gasteiger partial charge is 0.264 e. The van der Waals surface area contributed by atoms with Gasteiger partial charge in [-0.25, -0.2) is 8.42 Å². The number of carbonyl (C=O) groups excluding carboxylic acids is 2. The van der Waals surface area contributed by atoms with Gasteiger partial charge in [-0.1, -0.05) is 23.2 Å². The quantitative estimate of drug-likeness (QED) is 0.792. The summed E-state index contributed by atoms with van der Waals surface area (Å²) in [5.41, 5.74) is 0. The molecule has 2 amide bonds. The number of rotatable bonds is 4. The Morgan fingerprint density at radius 2 is 1.85 bits per heavy atom. The molecule has 2 aliphatic heterocycles. The van der Waals surface area contributed by atoms with E-state index in [1.54, 1.807) is 4.90 Å². The van der Waals surface area contributed by atoms with Gasteiger partial charge in [0.25, 0.3) is 10.0 Å². The number of hydrogen-bond acceptors (Lipinski definition) is 4. The monoisotopic (exact) mass is 431 g/mol. The summed E-state index contributed by atoms with van der Waals surface area (Å²) in [6.07, 6.45) is 5.14. The third-order valence-electron chi connectivity index (χ3n) is 4.60. The molecule has 3 rings (SSSR count). The Balaban J connectivity index is 1.87. The largest absolute Gasteiger partial charge is 0.343 e. The van der Waals surface area contributed by atoms with Crippen LogP contribution in [0.25, 0.3) is 0 Å². The molecule has 0 aliphatic carbocycles. The molecule has 1 N–H and O–H groups in total. The molecule has 1 atom stereocenters. The maximum absolute atomic E-state index is 13.0. The highest BCUT2D eigenvalue weighted by molar-refractivity contribution is 7.89. The number of sulfonamides is 1. The van der Waals surface area contributed by atoms with Crippen molar-refractivity contribution in [3.8, 4) is 0 Å². The van der Waals surface area contributed by atoms with E-state index in [-0.39, 0.29) is 27.3 Å². The van der Waals surface area contributed by atoms with Crippen molar-refractivity contribution in [1.82, 2.24) is 14.5 Å². The second-order valence-corrected chi connectivity index (χ2v) is 9.05. The van der Waals surface area contributed by atoms with Crippen LogP contribution in [0.15, 0.2) is 35.5 Å². The lowest BCUT2D eigenvalue weighted by molar-refractivity contribution is -0.136. The first kappa shape index (κ1) is 20.0. The van der Waals surface area contributed by atoms with E-state index in [1.165, 1.54) is 30.6 Å².